The summed E-state index contributed by atoms with van der Waals surface area (Å²) in [5.41, 5.74) is 1.91. The number of phenols is 1. The van der Waals surface area contributed by atoms with Crippen LogP contribution in [0.2, 0.25) is 0 Å². The third kappa shape index (κ3) is 2.46. The smallest absolute Gasteiger partial charge is 0.209 e. The van der Waals surface area contributed by atoms with Gasteiger partial charge in [0.05, 0.1) is 0 Å². The second kappa shape index (κ2) is 5.49. The highest BCUT2D eigenvalue weighted by Crippen LogP contribution is 2.29. The molecule has 1 aliphatic heterocycles. The molecule has 0 radical (unpaired) electrons. The van der Waals surface area contributed by atoms with Gasteiger partial charge in [-0.2, -0.15) is 0 Å². The first-order chi connectivity index (χ1) is 9.78. The average molecular weight is 270 g/mol. The van der Waals surface area contributed by atoms with E-state index in [4.69, 9.17) is 0 Å². The first-order valence-corrected chi connectivity index (χ1v) is 7.03. The van der Waals surface area contributed by atoms with Gasteiger partial charge in [0, 0.05) is 24.7 Å². The maximum atomic E-state index is 10.7. The van der Waals surface area contributed by atoms with Crippen LogP contribution in [-0.2, 0) is 11.2 Å². The number of rotatable bonds is 3. The van der Waals surface area contributed by atoms with Crippen molar-refractivity contribution in [1.29, 1.82) is 0 Å². The van der Waals surface area contributed by atoms with Crippen LogP contribution >= 0.6 is 0 Å². The molecular formula is C16H18N2O2. The molecule has 1 aromatic carbocycles. The van der Waals surface area contributed by atoms with Gasteiger partial charge in [-0.05, 0) is 42.9 Å². The number of hydrogen-bond acceptors (Lipinski definition) is 3. The minimum absolute atomic E-state index is 0.236. The van der Waals surface area contributed by atoms with Crippen molar-refractivity contribution in [2.45, 2.75) is 19.3 Å². The average Bonchev–Trinajstić information content (AvgIpc) is 2.51. The van der Waals surface area contributed by atoms with Gasteiger partial charge in [-0.15, -0.1) is 0 Å². The van der Waals surface area contributed by atoms with Crippen molar-refractivity contribution in [1.82, 2.24) is 9.88 Å². The standard InChI is InChI=1S/C16H18N2O2/c19-11-18-8-5-12(6-9-18)10-13-3-4-15(20)16-14(13)2-1-7-17-16/h1-4,7,11-12,20H,5-6,8-10H2. The lowest BCUT2D eigenvalue weighted by Gasteiger charge is -2.29. The molecule has 1 aromatic heterocycles. The summed E-state index contributed by atoms with van der Waals surface area (Å²) in [5, 5.41) is 10.9. The van der Waals surface area contributed by atoms with E-state index in [1.807, 2.05) is 23.1 Å². The number of pyridine rings is 1. The van der Waals surface area contributed by atoms with E-state index < -0.39 is 0 Å². The number of carbonyl (C=O) groups excluding carboxylic acids is 1. The van der Waals surface area contributed by atoms with Crippen LogP contribution in [0.3, 0.4) is 0 Å². The molecule has 0 atom stereocenters. The van der Waals surface area contributed by atoms with Gasteiger partial charge in [0.25, 0.3) is 0 Å². The zero-order chi connectivity index (χ0) is 13.9. The molecule has 0 bridgehead atoms. The predicted molar refractivity (Wildman–Crippen MR) is 77.5 cm³/mol. The van der Waals surface area contributed by atoms with Gasteiger partial charge < -0.3 is 10.0 Å². The molecule has 4 heteroatoms. The fraction of sp³-hybridized carbons (Fsp3) is 0.375. The third-order valence-corrected chi connectivity index (χ3v) is 4.15. The van der Waals surface area contributed by atoms with E-state index in [2.05, 4.69) is 4.98 Å². The Balaban J connectivity index is 1.81. The highest BCUT2D eigenvalue weighted by Gasteiger charge is 2.19. The molecule has 0 aliphatic carbocycles. The van der Waals surface area contributed by atoms with Crippen molar-refractivity contribution in [3.8, 4) is 5.75 Å². The summed E-state index contributed by atoms with van der Waals surface area (Å²) in [5.74, 6) is 0.833. The minimum Gasteiger partial charge on any atom is -0.506 e. The summed E-state index contributed by atoms with van der Waals surface area (Å²) >= 11 is 0. The Hall–Kier alpha value is -2.10. The fourth-order valence-corrected chi connectivity index (χ4v) is 2.97. The molecule has 20 heavy (non-hydrogen) atoms. The highest BCUT2D eigenvalue weighted by molar-refractivity contribution is 5.87. The van der Waals surface area contributed by atoms with Crippen LogP contribution in [0.4, 0.5) is 0 Å². The van der Waals surface area contributed by atoms with E-state index in [0.29, 0.717) is 11.4 Å². The van der Waals surface area contributed by atoms with Gasteiger partial charge in [0.15, 0.2) is 0 Å². The van der Waals surface area contributed by atoms with Gasteiger partial charge in [0.1, 0.15) is 11.3 Å². The fourth-order valence-electron chi connectivity index (χ4n) is 2.97. The quantitative estimate of drug-likeness (QED) is 0.871. The van der Waals surface area contributed by atoms with Crippen LogP contribution in [0.25, 0.3) is 10.9 Å². The monoisotopic (exact) mass is 270 g/mol. The number of aromatic hydroxyl groups is 1. The summed E-state index contributed by atoms with van der Waals surface area (Å²) < 4.78 is 0. The second-order valence-electron chi connectivity index (χ2n) is 5.43. The first kappa shape index (κ1) is 12.9. The Kier molecular flexibility index (Phi) is 3.54. The number of likely N-dealkylation sites (tertiary alicyclic amines) is 1. The summed E-state index contributed by atoms with van der Waals surface area (Å²) in [7, 11) is 0. The molecule has 1 N–H and O–H groups in total. The Morgan fingerprint density at radius 2 is 2.10 bits per heavy atom. The van der Waals surface area contributed by atoms with Crippen molar-refractivity contribution < 1.29 is 9.90 Å². The van der Waals surface area contributed by atoms with E-state index in [1.54, 1.807) is 12.3 Å². The van der Waals surface area contributed by atoms with Crippen LogP contribution < -0.4 is 0 Å². The Morgan fingerprint density at radius 3 is 2.85 bits per heavy atom. The molecule has 0 unspecified atom stereocenters. The first-order valence-electron chi connectivity index (χ1n) is 7.03. The zero-order valence-electron chi connectivity index (χ0n) is 11.3. The molecule has 3 rings (SSSR count). The minimum atomic E-state index is 0.236. The van der Waals surface area contributed by atoms with Gasteiger partial charge in [-0.1, -0.05) is 12.1 Å². The van der Waals surface area contributed by atoms with Gasteiger partial charge in [-0.25, -0.2) is 0 Å². The lowest BCUT2D eigenvalue weighted by molar-refractivity contribution is -0.119. The Morgan fingerprint density at radius 1 is 1.30 bits per heavy atom. The van der Waals surface area contributed by atoms with Crippen LogP contribution in [0.1, 0.15) is 18.4 Å². The zero-order valence-corrected chi connectivity index (χ0v) is 11.3. The van der Waals surface area contributed by atoms with Gasteiger partial charge in [-0.3, -0.25) is 9.78 Å². The van der Waals surface area contributed by atoms with Crippen LogP contribution in [0.15, 0.2) is 30.5 Å². The second-order valence-corrected chi connectivity index (χ2v) is 5.43. The summed E-state index contributed by atoms with van der Waals surface area (Å²) in [4.78, 5) is 16.8. The maximum absolute atomic E-state index is 10.7. The molecule has 104 valence electrons. The maximum Gasteiger partial charge on any atom is 0.209 e. The van der Waals surface area contributed by atoms with Crippen molar-refractivity contribution in [3.63, 3.8) is 0 Å². The number of amides is 1. The molecule has 1 saturated heterocycles. The number of aromatic nitrogens is 1. The largest absolute Gasteiger partial charge is 0.506 e. The molecule has 0 spiro atoms. The number of hydrogen-bond donors (Lipinski definition) is 1. The number of fused-ring (bicyclic) bond motifs is 1. The van der Waals surface area contributed by atoms with Crippen molar-refractivity contribution in [2.75, 3.05) is 13.1 Å². The third-order valence-electron chi connectivity index (χ3n) is 4.15. The van der Waals surface area contributed by atoms with E-state index >= 15 is 0 Å². The molecule has 1 fully saturated rings. The molecule has 0 saturated carbocycles. The van der Waals surface area contributed by atoms with Gasteiger partial charge >= 0.3 is 0 Å². The van der Waals surface area contributed by atoms with Crippen molar-refractivity contribution in [3.05, 3.63) is 36.0 Å². The SMILES string of the molecule is O=CN1CCC(Cc2ccc(O)c3ncccc23)CC1. The topological polar surface area (TPSA) is 53.4 Å². The van der Waals surface area contributed by atoms with E-state index in [9.17, 15) is 9.90 Å². The molecule has 2 heterocycles. The number of phenolic OH excluding ortho intramolecular Hbond substituents is 1. The molecular weight excluding hydrogens is 252 g/mol. The number of piperidine rings is 1. The molecule has 4 nitrogen and oxygen atoms in total. The summed E-state index contributed by atoms with van der Waals surface area (Å²) in [6, 6.07) is 7.63. The van der Waals surface area contributed by atoms with E-state index in [0.717, 1.165) is 44.1 Å². The summed E-state index contributed by atoms with van der Waals surface area (Å²) in [6.07, 6.45) is 5.71. The normalized spacial score (nSPS) is 16.5. The lowest BCUT2D eigenvalue weighted by Crippen LogP contribution is -2.33. The molecule has 1 aliphatic rings. The van der Waals surface area contributed by atoms with Crippen LogP contribution in [0, 0.1) is 5.92 Å². The Bertz CT molecular complexity index is 619. The van der Waals surface area contributed by atoms with E-state index in [1.165, 1.54) is 5.56 Å². The number of carbonyl (C=O) groups is 1. The van der Waals surface area contributed by atoms with Crippen molar-refractivity contribution in [2.24, 2.45) is 5.92 Å². The van der Waals surface area contributed by atoms with E-state index in [-0.39, 0.29) is 5.75 Å². The van der Waals surface area contributed by atoms with Crippen molar-refractivity contribution >= 4 is 17.3 Å². The van der Waals surface area contributed by atoms with Gasteiger partial charge in [0.2, 0.25) is 6.41 Å². The van der Waals surface area contributed by atoms with Crippen LogP contribution in [-0.4, -0.2) is 34.5 Å². The summed E-state index contributed by atoms with van der Waals surface area (Å²) in [6.45, 7) is 1.70. The van der Waals surface area contributed by atoms with Crippen LogP contribution in [0.5, 0.6) is 5.75 Å². The highest BCUT2D eigenvalue weighted by atomic mass is 16.3. The lowest BCUT2D eigenvalue weighted by atomic mass is 9.89. The molecule has 2 aromatic rings. The molecule has 1 amide bonds. The Labute approximate surface area is 118 Å². The predicted octanol–water partition coefficient (Wildman–Crippen LogP) is 2.35. The number of nitrogens with zero attached hydrogens (tertiary/aromatic N) is 2. The number of benzene rings is 1.